The number of rotatable bonds is 4. The number of anilines is 1. The molecule has 1 saturated heterocycles. The fourth-order valence-corrected chi connectivity index (χ4v) is 3.87. The first-order valence-corrected chi connectivity index (χ1v) is 9.71. The first-order chi connectivity index (χ1) is 13.3. The molecule has 6 heteroatoms. The number of nitrogens with one attached hydrogen (secondary N) is 1. The number of hydrogen-bond donors (Lipinski definition) is 1. The van der Waals surface area contributed by atoms with E-state index in [0.717, 1.165) is 42.3 Å². The average Bonchev–Trinajstić information content (AvgIpc) is 3.39. The number of fused-ring (bicyclic) bond motifs is 1. The van der Waals surface area contributed by atoms with Crippen LogP contribution in [0.2, 0.25) is 0 Å². The van der Waals surface area contributed by atoms with Gasteiger partial charge in [-0.15, -0.1) is 0 Å². The van der Waals surface area contributed by atoms with Crippen LogP contribution in [-0.2, 0) is 0 Å². The molecule has 3 aliphatic rings. The van der Waals surface area contributed by atoms with Crippen LogP contribution < -0.4 is 14.8 Å². The maximum atomic E-state index is 13.2. The van der Waals surface area contributed by atoms with Crippen molar-refractivity contribution in [3.8, 4) is 11.5 Å². The van der Waals surface area contributed by atoms with Gasteiger partial charge in [0.05, 0.1) is 6.04 Å². The standard InChI is InChI=1S/C21H23N3O3/c25-21(15-7-8-22-20(13-15)23-16-4-5-16)24-9-1-2-17(24)14-3-6-18-19(12-14)27-11-10-26-18/h3,6-8,12-13,16-17H,1-2,4-5,9-11H2,(H,22,23)/t17-/m1/s1. The number of carbonyl (C=O) groups is 1. The van der Waals surface area contributed by atoms with E-state index in [1.54, 1.807) is 12.3 Å². The van der Waals surface area contributed by atoms with Gasteiger partial charge in [0.15, 0.2) is 11.5 Å². The van der Waals surface area contributed by atoms with Gasteiger partial charge in [0.2, 0.25) is 0 Å². The normalized spacial score (nSPS) is 21.2. The van der Waals surface area contributed by atoms with Crippen molar-refractivity contribution >= 4 is 11.7 Å². The van der Waals surface area contributed by atoms with E-state index in [9.17, 15) is 4.79 Å². The fraction of sp³-hybridized carbons (Fsp3) is 0.429. The third kappa shape index (κ3) is 3.31. The van der Waals surface area contributed by atoms with Crippen molar-refractivity contribution < 1.29 is 14.3 Å². The quantitative estimate of drug-likeness (QED) is 0.900. The molecule has 5 rings (SSSR count). The summed E-state index contributed by atoms with van der Waals surface area (Å²) in [5.74, 6) is 2.41. The third-order valence-electron chi connectivity index (χ3n) is 5.40. The first-order valence-electron chi connectivity index (χ1n) is 9.71. The molecule has 6 nitrogen and oxygen atoms in total. The predicted octanol–water partition coefficient (Wildman–Crippen LogP) is 3.40. The van der Waals surface area contributed by atoms with E-state index in [1.807, 2.05) is 23.1 Å². The van der Waals surface area contributed by atoms with E-state index < -0.39 is 0 Å². The Labute approximate surface area is 158 Å². The summed E-state index contributed by atoms with van der Waals surface area (Å²) in [5, 5.41) is 3.37. The number of pyridine rings is 1. The lowest BCUT2D eigenvalue weighted by atomic mass is 10.0. The zero-order valence-electron chi connectivity index (χ0n) is 15.2. The average molecular weight is 365 g/mol. The molecule has 0 bridgehead atoms. The second-order valence-corrected chi connectivity index (χ2v) is 7.41. The summed E-state index contributed by atoms with van der Waals surface area (Å²) in [4.78, 5) is 19.5. The summed E-state index contributed by atoms with van der Waals surface area (Å²) < 4.78 is 11.3. The van der Waals surface area contributed by atoms with Crippen molar-refractivity contribution in [2.24, 2.45) is 0 Å². The van der Waals surface area contributed by atoms with Crippen molar-refractivity contribution in [1.82, 2.24) is 9.88 Å². The molecular weight excluding hydrogens is 342 g/mol. The van der Waals surface area contributed by atoms with Crippen LogP contribution in [0, 0.1) is 0 Å². The molecule has 0 radical (unpaired) electrons. The first kappa shape index (κ1) is 16.4. The zero-order chi connectivity index (χ0) is 18.2. The highest BCUT2D eigenvalue weighted by molar-refractivity contribution is 5.95. The Morgan fingerprint density at radius 1 is 1.07 bits per heavy atom. The molecule has 1 atom stereocenters. The zero-order valence-corrected chi connectivity index (χ0v) is 15.2. The number of hydrogen-bond acceptors (Lipinski definition) is 5. The number of carbonyl (C=O) groups excluding carboxylic acids is 1. The molecule has 27 heavy (non-hydrogen) atoms. The van der Waals surface area contributed by atoms with Crippen LogP contribution in [0.5, 0.6) is 11.5 Å². The molecule has 1 amide bonds. The van der Waals surface area contributed by atoms with E-state index in [-0.39, 0.29) is 11.9 Å². The molecule has 140 valence electrons. The maximum absolute atomic E-state index is 13.2. The SMILES string of the molecule is O=C(c1ccnc(NC2CC2)c1)N1CCC[C@@H]1c1ccc2c(c1)OCCO2. The fourth-order valence-electron chi connectivity index (χ4n) is 3.87. The monoisotopic (exact) mass is 365 g/mol. The van der Waals surface area contributed by atoms with Gasteiger partial charge in [-0.1, -0.05) is 6.07 Å². The third-order valence-corrected chi connectivity index (χ3v) is 5.40. The molecule has 0 spiro atoms. The minimum Gasteiger partial charge on any atom is -0.486 e. The second kappa shape index (κ2) is 6.76. The molecule has 1 saturated carbocycles. The van der Waals surface area contributed by atoms with Gasteiger partial charge < -0.3 is 19.7 Å². The van der Waals surface area contributed by atoms with Crippen LogP contribution in [-0.4, -0.2) is 41.6 Å². The van der Waals surface area contributed by atoms with Gasteiger partial charge in [-0.05, 0) is 55.5 Å². The Morgan fingerprint density at radius 3 is 2.78 bits per heavy atom. The highest BCUT2D eigenvalue weighted by atomic mass is 16.6. The molecule has 2 aromatic rings. The van der Waals surface area contributed by atoms with E-state index >= 15 is 0 Å². The lowest BCUT2D eigenvalue weighted by Gasteiger charge is -2.27. The van der Waals surface area contributed by atoms with Crippen molar-refractivity contribution in [1.29, 1.82) is 0 Å². The number of benzene rings is 1. The Bertz CT molecular complexity index is 866. The lowest BCUT2D eigenvalue weighted by Crippen LogP contribution is -2.30. The molecule has 1 aromatic carbocycles. The van der Waals surface area contributed by atoms with Gasteiger partial charge in [-0.25, -0.2) is 4.98 Å². The highest BCUT2D eigenvalue weighted by Crippen LogP contribution is 2.38. The minimum absolute atomic E-state index is 0.0636. The van der Waals surface area contributed by atoms with E-state index in [4.69, 9.17) is 9.47 Å². The number of amides is 1. The van der Waals surface area contributed by atoms with Crippen LogP contribution in [0.3, 0.4) is 0 Å². The predicted molar refractivity (Wildman–Crippen MR) is 101 cm³/mol. The summed E-state index contributed by atoms with van der Waals surface area (Å²) >= 11 is 0. The Morgan fingerprint density at radius 2 is 1.93 bits per heavy atom. The van der Waals surface area contributed by atoms with Crippen LogP contribution in [0.4, 0.5) is 5.82 Å². The van der Waals surface area contributed by atoms with Crippen LogP contribution in [0.25, 0.3) is 0 Å². The van der Waals surface area contributed by atoms with Gasteiger partial charge in [0.1, 0.15) is 19.0 Å². The summed E-state index contributed by atoms with van der Waals surface area (Å²) in [5.41, 5.74) is 1.80. The van der Waals surface area contributed by atoms with Crippen LogP contribution in [0.15, 0.2) is 36.5 Å². The van der Waals surface area contributed by atoms with Crippen molar-refractivity contribution in [3.63, 3.8) is 0 Å². The summed E-state index contributed by atoms with van der Waals surface area (Å²) in [7, 11) is 0. The van der Waals surface area contributed by atoms with E-state index in [1.165, 1.54) is 12.8 Å². The van der Waals surface area contributed by atoms with Crippen molar-refractivity contribution in [2.45, 2.75) is 37.8 Å². The molecule has 3 heterocycles. The van der Waals surface area contributed by atoms with Crippen LogP contribution in [0.1, 0.15) is 47.6 Å². The minimum atomic E-state index is 0.0636. The molecule has 1 N–H and O–H groups in total. The maximum Gasteiger partial charge on any atom is 0.254 e. The Kier molecular flexibility index (Phi) is 4.11. The van der Waals surface area contributed by atoms with Gasteiger partial charge in [0, 0.05) is 24.3 Å². The molecular formula is C21H23N3O3. The Hall–Kier alpha value is -2.76. The second-order valence-electron chi connectivity index (χ2n) is 7.41. The van der Waals surface area contributed by atoms with Crippen molar-refractivity contribution in [2.75, 3.05) is 25.1 Å². The van der Waals surface area contributed by atoms with Gasteiger partial charge in [-0.2, -0.15) is 0 Å². The Balaban J connectivity index is 1.38. The summed E-state index contributed by atoms with van der Waals surface area (Å²) in [6.07, 6.45) is 6.04. The van der Waals surface area contributed by atoms with E-state index in [2.05, 4.69) is 16.4 Å². The van der Waals surface area contributed by atoms with Crippen molar-refractivity contribution in [3.05, 3.63) is 47.7 Å². The molecule has 1 aliphatic carbocycles. The largest absolute Gasteiger partial charge is 0.486 e. The van der Waals surface area contributed by atoms with Gasteiger partial charge in [-0.3, -0.25) is 4.79 Å². The van der Waals surface area contributed by atoms with Gasteiger partial charge in [0.25, 0.3) is 5.91 Å². The highest BCUT2D eigenvalue weighted by Gasteiger charge is 2.32. The molecule has 1 aromatic heterocycles. The van der Waals surface area contributed by atoms with E-state index in [0.29, 0.717) is 24.8 Å². The lowest BCUT2D eigenvalue weighted by molar-refractivity contribution is 0.0735. The number of aromatic nitrogens is 1. The molecule has 2 aliphatic heterocycles. The topological polar surface area (TPSA) is 63.7 Å². The number of ether oxygens (including phenoxy) is 2. The summed E-state index contributed by atoms with van der Waals surface area (Å²) in [6, 6.07) is 10.3. The molecule has 2 fully saturated rings. The number of nitrogens with zero attached hydrogens (tertiary/aromatic N) is 2. The molecule has 0 unspecified atom stereocenters. The van der Waals surface area contributed by atoms with Gasteiger partial charge >= 0.3 is 0 Å². The summed E-state index contributed by atoms with van der Waals surface area (Å²) in [6.45, 7) is 1.92. The smallest absolute Gasteiger partial charge is 0.254 e. The number of likely N-dealkylation sites (tertiary alicyclic amines) is 1. The van der Waals surface area contributed by atoms with Crippen LogP contribution >= 0.6 is 0 Å².